The summed E-state index contributed by atoms with van der Waals surface area (Å²) in [6, 6.07) is 0. The highest BCUT2D eigenvalue weighted by molar-refractivity contribution is 7.89. The smallest absolute Gasteiger partial charge is 0.253 e. The summed E-state index contributed by atoms with van der Waals surface area (Å²) >= 11 is 0. The van der Waals surface area contributed by atoms with Crippen molar-refractivity contribution in [2.45, 2.75) is 12.5 Å². The first kappa shape index (κ1) is 17.3. The zero-order valence-electron chi connectivity index (χ0n) is 13.8. The zero-order chi connectivity index (χ0) is 17.4. The van der Waals surface area contributed by atoms with E-state index in [2.05, 4.69) is 5.10 Å². The molecule has 9 nitrogen and oxygen atoms in total. The van der Waals surface area contributed by atoms with Crippen LogP contribution in [0.5, 0.6) is 0 Å². The van der Waals surface area contributed by atoms with Crippen molar-refractivity contribution in [3.05, 3.63) is 12.4 Å². The molecule has 134 valence electrons. The van der Waals surface area contributed by atoms with E-state index < -0.39 is 15.6 Å². The van der Waals surface area contributed by atoms with Crippen molar-refractivity contribution in [1.82, 2.24) is 14.1 Å². The Morgan fingerprint density at radius 2 is 2.17 bits per heavy atom. The van der Waals surface area contributed by atoms with Crippen LogP contribution in [0.15, 0.2) is 12.4 Å². The van der Waals surface area contributed by atoms with E-state index in [-0.39, 0.29) is 38.0 Å². The van der Waals surface area contributed by atoms with E-state index in [1.54, 1.807) is 35.9 Å². The first-order chi connectivity index (χ1) is 11.4. The van der Waals surface area contributed by atoms with Gasteiger partial charge in [-0.05, 0) is 6.92 Å². The maximum Gasteiger partial charge on any atom is 0.253 e. The molecule has 1 atom stereocenters. The molecule has 1 spiro atoms. The molecule has 0 radical (unpaired) electrons. The molecule has 24 heavy (non-hydrogen) atoms. The van der Waals surface area contributed by atoms with Gasteiger partial charge in [-0.3, -0.25) is 9.48 Å². The maximum atomic E-state index is 12.3. The van der Waals surface area contributed by atoms with Crippen LogP contribution in [0.25, 0.3) is 0 Å². The van der Waals surface area contributed by atoms with Crippen LogP contribution >= 0.6 is 0 Å². The van der Waals surface area contributed by atoms with Gasteiger partial charge in [0.05, 0.1) is 37.4 Å². The van der Waals surface area contributed by atoms with Crippen molar-refractivity contribution in [3.63, 3.8) is 0 Å². The number of rotatable bonds is 3. The Morgan fingerprint density at radius 1 is 1.38 bits per heavy atom. The van der Waals surface area contributed by atoms with E-state index in [1.165, 1.54) is 4.31 Å². The number of aromatic nitrogens is 2. The molecule has 0 aliphatic carbocycles. The Bertz CT molecular complexity index is 719. The zero-order valence-corrected chi connectivity index (χ0v) is 14.7. The predicted octanol–water partition coefficient (Wildman–Crippen LogP) is -0.796. The highest BCUT2D eigenvalue weighted by atomic mass is 32.2. The fraction of sp³-hybridized carbons (Fsp3) is 0.714. The Hall–Kier alpha value is -1.49. The first-order valence-electron chi connectivity index (χ1n) is 7.84. The highest BCUT2D eigenvalue weighted by Crippen LogP contribution is 2.27. The Labute approximate surface area is 141 Å². The lowest BCUT2D eigenvalue weighted by Crippen LogP contribution is -2.61. The molecule has 1 aromatic heterocycles. The van der Waals surface area contributed by atoms with Crippen molar-refractivity contribution >= 4 is 21.6 Å². The third kappa shape index (κ3) is 3.32. The molecule has 0 bridgehead atoms. The van der Waals surface area contributed by atoms with E-state index in [4.69, 9.17) is 9.47 Å². The molecular formula is C14H22N4O5S. The van der Waals surface area contributed by atoms with Gasteiger partial charge in [-0.15, -0.1) is 0 Å². The van der Waals surface area contributed by atoms with Crippen LogP contribution < -0.4 is 4.90 Å². The number of carbonyl (C=O) groups excluding carboxylic acids is 1. The molecule has 3 rings (SSSR count). The number of hydrogen-bond acceptors (Lipinski definition) is 6. The van der Waals surface area contributed by atoms with Crippen LogP contribution in [0.1, 0.15) is 6.92 Å². The van der Waals surface area contributed by atoms with Gasteiger partial charge in [0.2, 0.25) is 10.0 Å². The lowest BCUT2D eigenvalue weighted by Gasteiger charge is -2.42. The number of carbonyl (C=O) groups is 1. The molecule has 2 aliphatic heterocycles. The number of sulfonamides is 1. The summed E-state index contributed by atoms with van der Waals surface area (Å²) in [7, 11) is -1.59. The van der Waals surface area contributed by atoms with Crippen molar-refractivity contribution < 1.29 is 22.7 Å². The average Bonchev–Trinajstić information content (AvgIpc) is 2.87. The minimum absolute atomic E-state index is 0.0222. The van der Waals surface area contributed by atoms with Crippen LogP contribution in [0.4, 0.5) is 5.69 Å². The Balaban J connectivity index is 1.86. The second kappa shape index (κ2) is 6.43. The molecular weight excluding hydrogens is 336 g/mol. The van der Waals surface area contributed by atoms with Gasteiger partial charge in [-0.25, -0.2) is 8.42 Å². The minimum atomic E-state index is -3.36. The molecule has 10 heteroatoms. The molecule has 2 fully saturated rings. The average molecular weight is 358 g/mol. The summed E-state index contributed by atoms with van der Waals surface area (Å²) in [6.45, 7) is 2.75. The van der Waals surface area contributed by atoms with E-state index in [1.807, 2.05) is 0 Å². The molecule has 0 N–H and O–H groups in total. The number of amides is 1. The van der Waals surface area contributed by atoms with Crippen molar-refractivity contribution in [2.24, 2.45) is 7.05 Å². The van der Waals surface area contributed by atoms with Crippen LogP contribution in [-0.4, -0.2) is 79.2 Å². The van der Waals surface area contributed by atoms with E-state index >= 15 is 0 Å². The van der Waals surface area contributed by atoms with Gasteiger partial charge in [0, 0.05) is 26.3 Å². The number of ether oxygens (including phenoxy) is 2. The van der Waals surface area contributed by atoms with Gasteiger partial charge in [-0.1, -0.05) is 0 Å². The first-order valence-corrected chi connectivity index (χ1v) is 9.45. The van der Waals surface area contributed by atoms with Gasteiger partial charge < -0.3 is 14.4 Å². The van der Waals surface area contributed by atoms with Gasteiger partial charge in [0.1, 0.15) is 12.2 Å². The number of anilines is 1. The SMILES string of the molecule is CCS(=O)(=O)N1CCOCC2(CN(c3cnn(C)c3)C(=O)CO2)C1. The summed E-state index contributed by atoms with van der Waals surface area (Å²) in [5.74, 6) is -0.156. The van der Waals surface area contributed by atoms with E-state index in [9.17, 15) is 13.2 Å². The van der Waals surface area contributed by atoms with Crippen LogP contribution in [-0.2, 0) is 31.3 Å². The molecule has 0 aromatic carbocycles. The molecule has 3 heterocycles. The summed E-state index contributed by atoms with van der Waals surface area (Å²) in [6.07, 6.45) is 3.35. The van der Waals surface area contributed by atoms with Gasteiger partial charge in [-0.2, -0.15) is 9.40 Å². The monoisotopic (exact) mass is 358 g/mol. The lowest BCUT2D eigenvalue weighted by atomic mass is 10.0. The van der Waals surface area contributed by atoms with Crippen molar-refractivity contribution in [1.29, 1.82) is 0 Å². The highest BCUT2D eigenvalue weighted by Gasteiger charge is 2.45. The number of nitrogens with zero attached hydrogens (tertiary/aromatic N) is 4. The number of aryl methyl sites for hydroxylation is 1. The fourth-order valence-corrected chi connectivity index (χ4v) is 4.12. The third-order valence-corrected chi connectivity index (χ3v) is 6.15. The summed E-state index contributed by atoms with van der Waals surface area (Å²) < 4.78 is 38.9. The summed E-state index contributed by atoms with van der Waals surface area (Å²) in [5.41, 5.74) is -0.206. The van der Waals surface area contributed by atoms with Crippen LogP contribution in [0.2, 0.25) is 0 Å². The molecule has 2 saturated heterocycles. The van der Waals surface area contributed by atoms with Gasteiger partial charge in [0.25, 0.3) is 5.91 Å². The molecule has 2 aliphatic rings. The molecule has 0 saturated carbocycles. The summed E-state index contributed by atoms with van der Waals surface area (Å²) in [5, 5.41) is 4.09. The van der Waals surface area contributed by atoms with Gasteiger partial charge in [0.15, 0.2) is 0 Å². The maximum absolute atomic E-state index is 12.3. The molecule has 1 aromatic rings. The largest absolute Gasteiger partial charge is 0.377 e. The van der Waals surface area contributed by atoms with E-state index in [0.717, 1.165) is 0 Å². The standard InChI is InChI=1S/C14H22N4O5S/c1-3-24(20,21)17-4-5-22-11-14(9-17)10-18(13(19)8-23-14)12-6-15-16(2)7-12/h6-7H,3-5,8-11H2,1-2H3. The van der Waals surface area contributed by atoms with Gasteiger partial charge >= 0.3 is 0 Å². The predicted molar refractivity (Wildman–Crippen MR) is 86.1 cm³/mol. The quantitative estimate of drug-likeness (QED) is 0.702. The van der Waals surface area contributed by atoms with Crippen molar-refractivity contribution in [3.8, 4) is 0 Å². The van der Waals surface area contributed by atoms with E-state index in [0.29, 0.717) is 18.8 Å². The topological polar surface area (TPSA) is 94.0 Å². The van der Waals surface area contributed by atoms with Crippen LogP contribution in [0, 0.1) is 0 Å². The Morgan fingerprint density at radius 3 is 2.83 bits per heavy atom. The molecule has 1 unspecified atom stereocenters. The number of morpholine rings is 1. The number of hydrogen-bond donors (Lipinski definition) is 0. The Kier molecular flexibility index (Phi) is 4.65. The fourth-order valence-electron chi connectivity index (χ4n) is 2.97. The van der Waals surface area contributed by atoms with Crippen molar-refractivity contribution in [2.75, 3.05) is 50.1 Å². The van der Waals surface area contributed by atoms with Crippen LogP contribution in [0.3, 0.4) is 0 Å². The second-order valence-electron chi connectivity index (χ2n) is 6.11. The lowest BCUT2D eigenvalue weighted by molar-refractivity contribution is -0.145. The third-order valence-electron chi connectivity index (χ3n) is 4.32. The normalized spacial score (nSPS) is 26.8. The molecule has 1 amide bonds. The second-order valence-corrected chi connectivity index (χ2v) is 8.37. The minimum Gasteiger partial charge on any atom is -0.377 e. The summed E-state index contributed by atoms with van der Waals surface area (Å²) in [4.78, 5) is 13.8.